The van der Waals surface area contributed by atoms with Gasteiger partial charge < -0.3 is 19.7 Å². The standard InChI is InChI=1S/C20H20N4O4/c1-13(9-25)11-27-19-3-18(16(7-23)8-24)20(28-12-14(2)10-26)4-17(19)15(5-21)6-22/h3-4,13-14,25-26H,9-12H2,1-2H3. The molecule has 0 aliphatic heterocycles. The molecule has 0 heterocycles. The van der Waals surface area contributed by atoms with Gasteiger partial charge in [-0.25, -0.2) is 0 Å². The number of hydrogen-bond donors (Lipinski definition) is 2. The predicted octanol–water partition coefficient (Wildman–Crippen LogP) is 0.0967. The van der Waals surface area contributed by atoms with Gasteiger partial charge in [-0.2, -0.15) is 21.0 Å². The van der Waals surface area contributed by atoms with Crippen LogP contribution in [-0.4, -0.2) is 36.6 Å². The van der Waals surface area contributed by atoms with Crippen LogP contribution >= 0.6 is 0 Å². The zero-order valence-corrected chi connectivity index (χ0v) is 15.6. The summed E-state index contributed by atoms with van der Waals surface area (Å²) in [4.78, 5) is 0. The lowest BCUT2D eigenvalue weighted by Crippen LogP contribution is -2.24. The van der Waals surface area contributed by atoms with Crippen LogP contribution in [0.15, 0.2) is 12.1 Å². The quantitative estimate of drug-likeness (QED) is 0.643. The van der Waals surface area contributed by atoms with Crippen molar-refractivity contribution >= 4 is 11.1 Å². The summed E-state index contributed by atoms with van der Waals surface area (Å²) in [5, 5.41) is 55.7. The van der Waals surface area contributed by atoms with Crippen molar-refractivity contribution in [2.24, 2.45) is 11.8 Å². The maximum atomic E-state index is 9.26. The Balaban J connectivity index is 3.77. The average molecular weight is 380 g/mol. The lowest BCUT2D eigenvalue weighted by molar-refractivity contribution is 0.170. The molecule has 2 unspecified atom stereocenters. The first kappa shape index (κ1) is 22.5. The van der Waals surface area contributed by atoms with Crippen LogP contribution in [0.2, 0.25) is 0 Å². The number of rotatable bonds is 8. The summed E-state index contributed by atoms with van der Waals surface area (Å²) in [6.45, 7) is 3.45. The van der Waals surface area contributed by atoms with Crippen molar-refractivity contribution in [3.05, 3.63) is 22.6 Å². The van der Waals surface area contributed by atoms with E-state index in [0.29, 0.717) is 0 Å². The molecule has 0 aliphatic carbocycles. The number of aliphatic hydroxyl groups is 2. The Morgan fingerprint density at radius 3 is 1.36 bits per heavy atom. The smallest absolute Gasteiger partial charge is 0.140 e. The number of nitrogens with zero attached hydrogens (tertiary/aromatic N) is 4. The van der Waals surface area contributed by atoms with Gasteiger partial charge in [0.1, 0.15) is 46.9 Å². The van der Waals surface area contributed by atoms with E-state index in [0.717, 1.165) is 0 Å². The second kappa shape index (κ2) is 11.2. The van der Waals surface area contributed by atoms with Gasteiger partial charge in [-0.15, -0.1) is 0 Å². The van der Waals surface area contributed by atoms with Gasteiger partial charge in [0, 0.05) is 35.5 Å². The van der Waals surface area contributed by atoms with Crippen LogP contribution < -0.4 is 19.9 Å². The number of benzene rings is 1. The molecule has 0 saturated carbocycles. The molecule has 144 valence electrons. The summed E-state index contributed by atoms with van der Waals surface area (Å²) >= 11 is 0. The van der Waals surface area contributed by atoms with Crippen molar-refractivity contribution in [3.8, 4) is 35.8 Å². The number of nitriles is 4. The number of ether oxygens (including phenoxy) is 2. The molecule has 1 aromatic rings. The fourth-order valence-electron chi connectivity index (χ4n) is 2.05. The molecule has 0 aliphatic rings. The Morgan fingerprint density at radius 1 is 0.786 bits per heavy atom. The van der Waals surface area contributed by atoms with Crippen molar-refractivity contribution in [2.75, 3.05) is 26.4 Å². The Kier molecular flexibility index (Phi) is 9.01. The molecule has 8 nitrogen and oxygen atoms in total. The van der Waals surface area contributed by atoms with E-state index in [2.05, 4.69) is 0 Å². The van der Waals surface area contributed by atoms with E-state index < -0.39 is 0 Å². The van der Waals surface area contributed by atoms with E-state index in [-0.39, 0.29) is 71.3 Å². The normalized spacial score (nSPS) is 11.7. The molecule has 2 N–H and O–H groups in total. The number of hydrogen-bond acceptors (Lipinski definition) is 8. The van der Waals surface area contributed by atoms with Gasteiger partial charge >= 0.3 is 0 Å². The van der Waals surface area contributed by atoms with Crippen molar-refractivity contribution in [2.45, 2.75) is 13.8 Å². The fraction of sp³-hybridized carbons (Fsp3) is 0.400. The fourth-order valence-corrected chi connectivity index (χ4v) is 2.05. The van der Waals surface area contributed by atoms with Crippen LogP contribution in [0.25, 0.3) is 11.1 Å². The van der Waals surface area contributed by atoms with E-state index in [1.54, 1.807) is 38.1 Å². The van der Waals surface area contributed by atoms with Gasteiger partial charge in [-0.3, -0.25) is 0 Å². The highest BCUT2D eigenvalue weighted by atomic mass is 16.5. The van der Waals surface area contributed by atoms with E-state index in [4.69, 9.17) is 9.47 Å². The topological polar surface area (TPSA) is 154 Å². The molecule has 0 bridgehead atoms. The molecule has 0 spiro atoms. The molecule has 0 amide bonds. The molecule has 0 aromatic heterocycles. The van der Waals surface area contributed by atoms with Crippen LogP contribution in [0.1, 0.15) is 13.8 Å². The van der Waals surface area contributed by atoms with Crippen molar-refractivity contribution in [1.29, 1.82) is 21.0 Å². The maximum absolute atomic E-state index is 9.26. The van der Waals surface area contributed by atoms with Crippen LogP contribution in [0, 0.1) is 57.2 Å². The first-order chi connectivity index (χ1) is 13.4. The second-order valence-corrected chi connectivity index (χ2v) is 6.24. The molecular formula is C20H20N4O4. The molecule has 0 radical (unpaired) electrons. The van der Waals surface area contributed by atoms with Gasteiger partial charge in [0.25, 0.3) is 0 Å². The van der Waals surface area contributed by atoms with E-state index in [9.17, 15) is 31.3 Å². The highest BCUT2D eigenvalue weighted by Gasteiger charge is 2.13. The Hall–Kier alpha value is -3.56. The van der Waals surface area contributed by atoms with Gasteiger partial charge in [0.05, 0.1) is 13.2 Å². The highest BCUT2D eigenvalue weighted by Crippen LogP contribution is 2.13. The Bertz CT molecular complexity index is 876. The maximum Gasteiger partial charge on any atom is 0.140 e. The number of aliphatic hydroxyl groups excluding tert-OH is 2. The van der Waals surface area contributed by atoms with Crippen molar-refractivity contribution < 1.29 is 19.7 Å². The van der Waals surface area contributed by atoms with E-state index in [1.165, 1.54) is 12.1 Å². The van der Waals surface area contributed by atoms with E-state index in [1.807, 2.05) is 0 Å². The molecule has 0 saturated heterocycles. The monoisotopic (exact) mass is 380 g/mol. The summed E-state index contributed by atoms with van der Waals surface area (Å²) in [6, 6.07) is 9.87. The minimum absolute atomic E-state index is 0.100. The van der Waals surface area contributed by atoms with Gasteiger partial charge in [-0.05, 0) is 12.1 Å². The molecule has 0 fully saturated rings. The molecule has 8 heteroatoms. The second-order valence-electron chi connectivity index (χ2n) is 6.24. The van der Waals surface area contributed by atoms with Crippen LogP contribution in [0.3, 0.4) is 0 Å². The summed E-state index contributed by atoms with van der Waals surface area (Å²) in [7, 11) is 0. The van der Waals surface area contributed by atoms with Crippen LogP contribution in [0.4, 0.5) is 0 Å². The summed E-state index contributed by atoms with van der Waals surface area (Å²) < 4.78 is 11.3. The zero-order valence-electron chi connectivity index (χ0n) is 15.6. The van der Waals surface area contributed by atoms with Gasteiger partial charge in [0.15, 0.2) is 0 Å². The summed E-state index contributed by atoms with van der Waals surface area (Å²) in [5.74, 6) is -0.167. The first-order valence-electron chi connectivity index (χ1n) is 8.45. The van der Waals surface area contributed by atoms with Gasteiger partial charge in [-0.1, -0.05) is 13.8 Å². The van der Waals surface area contributed by atoms with Crippen molar-refractivity contribution in [1.82, 2.24) is 0 Å². The minimum Gasteiger partial charge on any atom is -0.492 e. The third-order valence-corrected chi connectivity index (χ3v) is 3.74. The first-order valence-corrected chi connectivity index (χ1v) is 8.45. The van der Waals surface area contributed by atoms with Gasteiger partial charge in [0.2, 0.25) is 0 Å². The van der Waals surface area contributed by atoms with Crippen LogP contribution in [-0.2, 0) is 0 Å². The van der Waals surface area contributed by atoms with Crippen molar-refractivity contribution in [3.63, 3.8) is 0 Å². The Morgan fingerprint density at radius 2 is 1.11 bits per heavy atom. The third kappa shape index (κ3) is 5.73. The van der Waals surface area contributed by atoms with Crippen LogP contribution in [0.5, 0.6) is 11.5 Å². The molecule has 2 atom stereocenters. The molecule has 1 rings (SSSR count). The average Bonchev–Trinajstić information content (AvgIpc) is 2.72. The molecule has 28 heavy (non-hydrogen) atoms. The summed E-state index contributed by atoms with van der Waals surface area (Å²) in [6.07, 6.45) is 0. The lowest BCUT2D eigenvalue weighted by atomic mass is 10.1. The molecular weight excluding hydrogens is 360 g/mol. The summed E-state index contributed by atoms with van der Waals surface area (Å²) in [5.41, 5.74) is -0.456. The SMILES string of the molecule is CC(CO)COc1cc(=C(C#N)C#N)c(OCC(C)CO)cc1=C(C#N)C#N. The zero-order chi connectivity index (χ0) is 21.1. The van der Waals surface area contributed by atoms with E-state index >= 15 is 0 Å². The third-order valence-electron chi connectivity index (χ3n) is 3.74. The largest absolute Gasteiger partial charge is 0.492 e. The lowest BCUT2D eigenvalue weighted by Gasteiger charge is -2.15. The molecule has 1 aromatic carbocycles. The minimum atomic E-state index is -0.228. The highest BCUT2D eigenvalue weighted by molar-refractivity contribution is 5.77. The predicted molar refractivity (Wildman–Crippen MR) is 98.4 cm³/mol. The Labute approximate surface area is 163 Å².